The van der Waals surface area contributed by atoms with Gasteiger partial charge in [0.15, 0.2) is 26.5 Å². The smallest absolute Gasteiger partial charge is 0.231 e. The summed E-state index contributed by atoms with van der Waals surface area (Å²) in [5, 5.41) is 5.90. The van der Waals surface area contributed by atoms with Gasteiger partial charge in [0, 0.05) is 23.1 Å². The number of hydrogen-bond donors (Lipinski definition) is 1. The molecule has 8 heteroatoms. The lowest BCUT2D eigenvalue weighted by Gasteiger charge is -2.04. The Labute approximate surface area is 132 Å². The van der Waals surface area contributed by atoms with E-state index in [2.05, 4.69) is 10.3 Å². The average Bonchev–Trinajstić information content (AvgIpc) is 3.17. The SMILES string of the molecule is O=S1(=O)CCC(c2csc(Nc3ccc4c(c3)OCO4)n2)C1. The van der Waals surface area contributed by atoms with Crippen molar-refractivity contribution in [1.29, 1.82) is 0 Å². The van der Waals surface area contributed by atoms with Crippen LogP contribution < -0.4 is 14.8 Å². The van der Waals surface area contributed by atoms with Gasteiger partial charge >= 0.3 is 0 Å². The van der Waals surface area contributed by atoms with Gasteiger partial charge in [-0.3, -0.25) is 0 Å². The zero-order valence-electron chi connectivity index (χ0n) is 11.6. The maximum absolute atomic E-state index is 11.6. The van der Waals surface area contributed by atoms with Crippen LogP contribution in [0.3, 0.4) is 0 Å². The number of anilines is 2. The van der Waals surface area contributed by atoms with E-state index in [-0.39, 0.29) is 24.2 Å². The van der Waals surface area contributed by atoms with Crippen LogP contribution in [0.15, 0.2) is 23.6 Å². The number of nitrogens with zero attached hydrogens (tertiary/aromatic N) is 1. The molecule has 2 aliphatic heterocycles. The van der Waals surface area contributed by atoms with E-state index in [9.17, 15) is 8.42 Å². The summed E-state index contributed by atoms with van der Waals surface area (Å²) in [6.45, 7) is 0.246. The van der Waals surface area contributed by atoms with Crippen molar-refractivity contribution >= 4 is 32.0 Å². The Hall–Kier alpha value is -1.80. The second kappa shape index (κ2) is 5.13. The molecule has 1 atom stereocenters. The molecule has 6 nitrogen and oxygen atoms in total. The van der Waals surface area contributed by atoms with E-state index in [0.29, 0.717) is 12.2 Å². The summed E-state index contributed by atoms with van der Waals surface area (Å²) >= 11 is 1.48. The molecule has 2 aromatic rings. The molecule has 0 radical (unpaired) electrons. The number of fused-ring (bicyclic) bond motifs is 1. The van der Waals surface area contributed by atoms with Gasteiger partial charge < -0.3 is 14.8 Å². The second-order valence-corrected chi connectivity index (χ2v) is 8.46. The van der Waals surface area contributed by atoms with E-state index in [1.165, 1.54) is 11.3 Å². The first-order chi connectivity index (χ1) is 10.6. The van der Waals surface area contributed by atoms with Gasteiger partial charge in [0.2, 0.25) is 6.79 Å². The molecule has 1 N–H and O–H groups in total. The summed E-state index contributed by atoms with van der Waals surface area (Å²) in [5.41, 5.74) is 1.72. The topological polar surface area (TPSA) is 77.5 Å². The summed E-state index contributed by atoms with van der Waals surface area (Å²) in [6, 6.07) is 5.61. The fourth-order valence-corrected chi connectivity index (χ4v) is 5.23. The van der Waals surface area contributed by atoms with Gasteiger partial charge in [0.25, 0.3) is 0 Å². The van der Waals surface area contributed by atoms with Crippen LogP contribution in [0.25, 0.3) is 0 Å². The second-order valence-electron chi connectivity index (χ2n) is 5.37. The fourth-order valence-electron chi connectivity index (χ4n) is 2.66. The van der Waals surface area contributed by atoms with Crippen LogP contribution >= 0.6 is 11.3 Å². The molecule has 3 heterocycles. The Balaban J connectivity index is 1.50. The third kappa shape index (κ3) is 2.64. The van der Waals surface area contributed by atoms with Gasteiger partial charge in [-0.05, 0) is 18.6 Å². The molecule has 0 bridgehead atoms. The molecule has 0 spiro atoms. The van der Waals surface area contributed by atoms with Crippen LogP contribution in [-0.2, 0) is 9.84 Å². The molecular formula is C14H14N2O4S2. The molecule has 1 aromatic carbocycles. The summed E-state index contributed by atoms with van der Waals surface area (Å²) in [6.07, 6.45) is 0.662. The molecule has 2 aliphatic rings. The Morgan fingerprint density at radius 2 is 2.14 bits per heavy atom. The van der Waals surface area contributed by atoms with E-state index in [4.69, 9.17) is 9.47 Å². The lowest BCUT2D eigenvalue weighted by molar-refractivity contribution is 0.174. The average molecular weight is 338 g/mol. The minimum Gasteiger partial charge on any atom is -0.454 e. The highest BCUT2D eigenvalue weighted by Crippen LogP contribution is 2.36. The zero-order chi connectivity index (χ0) is 15.2. The lowest BCUT2D eigenvalue weighted by atomic mass is 10.1. The highest BCUT2D eigenvalue weighted by atomic mass is 32.2. The summed E-state index contributed by atoms with van der Waals surface area (Å²) in [4.78, 5) is 4.52. The quantitative estimate of drug-likeness (QED) is 0.926. The standard InChI is InChI=1S/C14H14N2O4S2/c17-22(18)4-3-9(7-22)11-6-21-14(16-11)15-10-1-2-12-13(5-10)20-8-19-12/h1-2,5-6,9H,3-4,7-8H2,(H,15,16). The predicted octanol–water partition coefficient (Wildman–Crippen LogP) is 2.52. The maximum Gasteiger partial charge on any atom is 0.231 e. The van der Waals surface area contributed by atoms with Crippen molar-refractivity contribution in [2.24, 2.45) is 0 Å². The van der Waals surface area contributed by atoms with Crippen molar-refractivity contribution in [3.63, 3.8) is 0 Å². The van der Waals surface area contributed by atoms with Gasteiger partial charge in [-0.2, -0.15) is 0 Å². The first-order valence-electron chi connectivity index (χ1n) is 6.92. The maximum atomic E-state index is 11.6. The lowest BCUT2D eigenvalue weighted by Crippen LogP contribution is -2.04. The van der Waals surface area contributed by atoms with Crippen LogP contribution in [0.4, 0.5) is 10.8 Å². The van der Waals surface area contributed by atoms with Gasteiger partial charge in [-0.15, -0.1) is 11.3 Å². The molecule has 116 valence electrons. The number of ether oxygens (including phenoxy) is 2. The summed E-state index contributed by atoms with van der Waals surface area (Å²) < 4.78 is 33.7. The van der Waals surface area contributed by atoms with Crippen molar-refractivity contribution < 1.29 is 17.9 Å². The van der Waals surface area contributed by atoms with Gasteiger partial charge in [-0.1, -0.05) is 0 Å². The minimum absolute atomic E-state index is 0.0218. The molecule has 4 rings (SSSR count). The number of hydrogen-bond acceptors (Lipinski definition) is 7. The van der Waals surface area contributed by atoms with Crippen LogP contribution in [-0.4, -0.2) is 31.7 Å². The number of sulfone groups is 1. The Bertz CT molecular complexity index is 816. The number of nitrogens with one attached hydrogen (secondary N) is 1. The number of thiazole rings is 1. The van der Waals surface area contributed by atoms with Crippen LogP contribution in [0.2, 0.25) is 0 Å². The monoisotopic (exact) mass is 338 g/mol. The van der Waals surface area contributed by atoms with Crippen LogP contribution in [0, 0.1) is 0 Å². The molecule has 1 fully saturated rings. The molecular weight excluding hydrogens is 324 g/mol. The summed E-state index contributed by atoms with van der Waals surface area (Å²) in [7, 11) is -2.89. The van der Waals surface area contributed by atoms with E-state index >= 15 is 0 Å². The van der Waals surface area contributed by atoms with E-state index < -0.39 is 9.84 Å². The van der Waals surface area contributed by atoms with Crippen molar-refractivity contribution in [3.8, 4) is 11.5 Å². The first-order valence-corrected chi connectivity index (χ1v) is 9.62. The Kier molecular flexibility index (Phi) is 3.23. The van der Waals surface area contributed by atoms with Gasteiger partial charge in [-0.25, -0.2) is 13.4 Å². The largest absolute Gasteiger partial charge is 0.454 e. The van der Waals surface area contributed by atoms with Crippen molar-refractivity contribution in [2.45, 2.75) is 12.3 Å². The van der Waals surface area contributed by atoms with Crippen molar-refractivity contribution in [2.75, 3.05) is 23.6 Å². The highest BCUT2D eigenvalue weighted by molar-refractivity contribution is 7.91. The first kappa shape index (κ1) is 13.8. The zero-order valence-corrected chi connectivity index (χ0v) is 13.2. The minimum atomic E-state index is -2.89. The third-order valence-electron chi connectivity index (χ3n) is 3.80. The predicted molar refractivity (Wildman–Crippen MR) is 84.0 cm³/mol. The Morgan fingerprint density at radius 3 is 2.95 bits per heavy atom. The number of rotatable bonds is 3. The van der Waals surface area contributed by atoms with E-state index in [1.54, 1.807) is 0 Å². The van der Waals surface area contributed by atoms with Gasteiger partial charge in [0.05, 0.1) is 17.2 Å². The molecule has 1 unspecified atom stereocenters. The molecule has 0 saturated carbocycles. The summed E-state index contributed by atoms with van der Waals surface area (Å²) in [5.74, 6) is 1.94. The third-order valence-corrected chi connectivity index (χ3v) is 6.34. The van der Waals surface area contributed by atoms with Crippen molar-refractivity contribution in [1.82, 2.24) is 4.98 Å². The van der Waals surface area contributed by atoms with Crippen molar-refractivity contribution in [3.05, 3.63) is 29.3 Å². The molecule has 22 heavy (non-hydrogen) atoms. The molecule has 0 aliphatic carbocycles. The Morgan fingerprint density at radius 1 is 1.27 bits per heavy atom. The van der Waals surface area contributed by atoms with E-state index in [1.807, 2.05) is 23.6 Å². The molecule has 1 aromatic heterocycles. The van der Waals surface area contributed by atoms with Crippen LogP contribution in [0.5, 0.6) is 11.5 Å². The highest BCUT2D eigenvalue weighted by Gasteiger charge is 2.30. The number of aromatic nitrogens is 1. The van der Waals surface area contributed by atoms with Crippen LogP contribution in [0.1, 0.15) is 18.0 Å². The molecule has 1 saturated heterocycles. The van der Waals surface area contributed by atoms with Gasteiger partial charge in [0.1, 0.15) is 0 Å². The fraction of sp³-hybridized carbons (Fsp3) is 0.357. The number of benzene rings is 1. The molecule has 0 amide bonds. The van der Waals surface area contributed by atoms with E-state index in [0.717, 1.165) is 22.3 Å². The normalized spacial score (nSPS) is 21.9.